The molecule has 142 valence electrons. The second-order valence-electron chi connectivity index (χ2n) is 6.80. The number of ether oxygens (including phenoxy) is 1. The van der Waals surface area contributed by atoms with Gasteiger partial charge in [-0.05, 0) is 42.5 Å². The number of halogens is 1. The molecule has 0 bridgehead atoms. The first kappa shape index (κ1) is 18.4. The van der Waals surface area contributed by atoms with E-state index < -0.39 is 5.97 Å². The van der Waals surface area contributed by atoms with Gasteiger partial charge in [-0.25, -0.2) is 9.78 Å². The topological polar surface area (TPSA) is 68.3 Å². The maximum absolute atomic E-state index is 12.5. The highest BCUT2D eigenvalue weighted by atomic mass is 35.5. The third kappa shape index (κ3) is 3.85. The fraction of sp³-hybridized carbons (Fsp3) is 0.227. The summed E-state index contributed by atoms with van der Waals surface area (Å²) in [6.45, 7) is -0.341. The molecule has 0 radical (unpaired) electrons. The van der Waals surface area contributed by atoms with Crippen molar-refractivity contribution in [1.82, 2.24) is 10.3 Å². The van der Waals surface area contributed by atoms with Crippen LogP contribution in [-0.2, 0) is 16.0 Å². The van der Waals surface area contributed by atoms with E-state index in [2.05, 4.69) is 16.4 Å². The van der Waals surface area contributed by atoms with Gasteiger partial charge >= 0.3 is 5.97 Å². The van der Waals surface area contributed by atoms with Gasteiger partial charge in [0, 0.05) is 5.39 Å². The quantitative estimate of drug-likeness (QED) is 0.531. The summed E-state index contributed by atoms with van der Waals surface area (Å²) < 4.78 is 5.25. The maximum Gasteiger partial charge on any atom is 0.339 e. The van der Waals surface area contributed by atoms with Gasteiger partial charge in [0.05, 0.1) is 17.1 Å². The number of nitrogens with one attached hydrogen (secondary N) is 1. The molecule has 0 saturated heterocycles. The molecule has 0 aliphatic heterocycles. The number of hydrogen-bond acceptors (Lipinski definition) is 4. The summed E-state index contributed by atoms with van der Waals surface area (Å²) in [7, 11) is 0. The Kier molecular flexibility index (Phi) is 5.26. The molecule has 0 spiro atoms. The largest absolute Gasteiger partial charge is 0.452 e. The highest BCUT2D eigenvalue weighted by Gasteiger charge is 2.22. The van der Waals surface area contributed by atoms with E-state index in [4.69, 9.17) is 16.3 Å². The standard InChI is InChI=1S/C22H19ClN2O3/c23-20-12-17(16-9-3-4-10-19(16)24-20)22(27)28-13-21(26)25-18-11-5-7-14-6-1-2-8-15(14)18/h1-4,6,8-10,12,18H,5,7,11,13H2,(H,25,26)/t18-/m0/s1. The lowest BCUT2D eigenvalue weighted by atomic mass is 9.88. The zero-order valence-electron chi connectivity index (χ0n) is 15.2. The van der Waals surface area contributed by atoms with Gasteiger partial charge in [-0.2, -0.15) is 0 Å². The molecular weight excluding hydrogens is 376 g/mol. The molecule has 3 aromatic rings. The Bertz CT molecular complexity index is 1050. The molecule has 1 heterocycles. The number of nitrogens with zero attached hydrogens (tertiary/aromatic N) is 1. The van der Waals surface area contributed by atoms with Gasteiger partial charge in [-0.3, -0.25) is 4.79 Å². The van der Waals surface area contributed by atoms with E-state index in [9.17, 15) is 9.59 Å². The number of amides is 1. The lowest BCUT2D eigenvalue weighted by molar-refractivity contribution is -0.125. The average Bonchev–Trinajstić information content (AvgIpc) is 2.71. The first-order chi connectivity index (χ1) is 13.6. The van der Waals surface area contributed by atoms with Crippen LogP contribution >= 0.6 is 11.6 Å². The number of para-hydroxylation sites is 1. The number of pyridine rings is 1. The van der Waals surface area contributed by atoms with Crippen molar-refractivity contribution in [3.63, 3.8) is 0 Å². The third-order valence-electron chi connectivity index (χ3n) is 4.94. The van der Waals surface area contributed by atoms with E-state index in [1.807, 2.05) is 30.3 Å². The average molecular weight is 395 g/mol. The zero-order chi connectivity index (χ0) is 19.5. The summed E-state index contributed by atoms with van der Waals surface area (Å²) in [5.41, 5.74) is 3.30. The highest BCUT2D eigenvalue weighted by molar-refractivity contribution is 6.30. The Morgan fingerprint density at radius 3 is 2.82 bits per heavy atom. The first-order valence-corrected chi connectivity index (χ1v) is 9.59. The first-order valence-electron chi connectivity index (χ1n) is 9.21. The van der Waals surface area contributed by atoms with Crippen molar-refractivity contribution >= 4 is 34.4 Å². The Hall–Kier alpha value is -2.92. The van der Waals surface area contributed by atoms with Crippen molar-refractivity contribution in [2.45, 2.75) is 25.3 Å². The van der Waals surface area contributed by atoms with E-state index in [0.29, 0.717) is 16.5 Å². The minimum absolute atomic E-state index is 0.0487. The summed E-state index contributed by atoms with van der Waals surface area (Å²) in [6.07, 6.45) is 2.91. The molecule has 0 unspecified atom stereocenters. The van der Waals surface area contributed by atoms with Crippen LogP contribution in [0.5, 0.6) is 0 Å². The van der Waals surface area contributed by atoms with Crippen molar-refractivity contribution in [2.24, 2.45) is 0 Å². The molecule has 4 rings (SSSR count). The fourth-order valence-electron chi connectivity index (χ4n) is 3.66. The number of fused-ring (bicyclic) bond motifs is 2. The summed E-state index contributed by atoms with van der Waals surface area (Å²) in [6, 6.07) is 16.7. The summed E-state index contributed by atoms with van der Waals surface area (Å²) in [5, 5.41) is 3.82. The van der Waals surface area contributed by atoms with Crippen LogP contribution in [0.2, 0.25) is 5.15 Å². The number of carbonyl (C=O) groups excluding carboxylic acids is 2. The number of rotatable bonds is 4. The lowest BCUT2D eigenvalue weighted by Gasteiger charge is -2.26. The van der Waals surface area contributed by atoms with Crippen LogP contribution < -0.4 is 5.32 Å². The van der Waals surface area contributed by atoms with Crippen LogP contribution in [0.25, 0.3) is 10.9 Å². The Labute approximate surface area is 167 Å². The van der Waals surface area contributed by atoms with Gasteiger partial charge in [0.2, 0.25) is 0 Å². The molecule has 0 fully saturated rings. The molecule has 1 aliphatic rings. The third-order valence-corrected chi connectivity index (χ3v) is 5.14. The molecule has 1 atom stereocenters. The van der Waals surface area contributed by atoms with Gasteiger partial charge < -0.3 is 10.1 Å². The van der Waals surface area contributed by atoms with Crippen molar-refractivity contribution < 1.29 is 14.3 Å². The number of aromatic nitrogens is 1. The molecule has 2 aromatic carbocycles. The second kappa shape index (κ2) is 7.98. The van der Waals surface area contributed by atoms with Crippen LogP contribution in [0.4, 0.5) is 0 Å². The molecule has 1 N–H and O–H groups in total. The summed E-state index contributed by atoms with van der Waals surface area (Å²) in [5.74, 6) is -0.917. The van der Waals surface area contributed by atoms with Crippen LogP contribution in [-0.4, -0.2) is 23.5 Å². The van der Waals surface area contributed by atoms with E-state index in [1.54, 1.807) is 12.1 Å². The number of carbonyl (C=O) groups is 2. The van der Waals surface area contributed by atoms with Gasteiger partial charge in [-0.15, -0.1) is 0 Å². The molecule has 1 aromatic heterocycles. The van der Waals surface area contributed by atoms with Crippen LogP contribution in [0.1, 0.15) is 40.4 Å². The van der Waals surface area contributed by atoms with Crippen molar-refractivity contribution in [2.75, 3.05) is 6.61 Å². The molecule has 1 amide bonds. The number of esters is 1. The normalized spacial score (nSPS) is 15.7. The number of benzene rings is 2. The van der Waals surface area contributed by atoms with E-state index in [-0.39, 0.29) is 23.7 Å². The maximum atomic E-state index is 12.5. The molecule has 0 saturated carbocycles. The van der Waals surface area contributed by atoms with Crippen molar-refractivity contribution in [3.05, 3.63) is 76.4 Å². The predicted octanol–water partition coefficient (Wildman–Crippen LogP) is 4.24. The van der Waals surface area contributed by atoms with E-state index in [0.717, 1.165) is 24.8 Å². The van der Waals surface area contributed by atoms with Gasteiger partial charge in [0.25, 0.3) is 5.91 Å². The van der Waals surface area contributed by atoms with E-state index in [1.165, 1.54) is 11.6 Å². The monoisotopic (exact) mass is 394 g/mol. The molecular formula is C22H19ClN2O3. The van der Waals surface area contributed by atoms with Gasteiger partial charge in [0.15, 0.2) is 6.61 Å². The van der Waals surface area contributed by atoms with Crippen LogP contribution in [0.15, 0.2) is 54.6 Å². The van der Waals surface area contributed by atoms with Crippen LogP contribution in [0, 0.1) is 0 Å². The zero-order valence-corrected chi connectivity index (χ0v) is 15.9. The SMILES string of the molecule is O=C(COC(=O)c1cc(Cl)nc2ccccc12)N[C@H]1CCCc2ccccc21. The smallest absolute Gasteiger partial charge is 0.339 e. The summed E-state index contributed by atoms with van der Waals surface area (Å²) >= 11 is 6.01. The molecule has 6 heteroatoms. The van der Waals surface area contributed by atoms with Crippen LogP contribution in [0.3, 0.4) is 0 Å². The Morgan fingerprint density at radius 2 is 1.93 bits per heavy atom. The minimum Gasteiger partial charge on any atom is -0.452 e. The fourth-order valence-corrected chi connectivity index (χ4v) is 3.86. The summed E-state index contributed by atoms with van der Waals surface area (Å²) in [4.78, 5) is 29.1. The highest BCUT2D eigenvalue weighted by Crippen LogP contribution is 2.29. The van der Waals surface area contributed by atoms with Gasteiger partial charge in [-0.1, -0.05) is 54.1 Å². The van der Waals surface area contributed by atoms with Crippen molar-refractivity contribution in [1.29, 1.82) is 0 Å². The predicted molar refractivity (Wildman–Crippen MR) is 107 cm³/mol. The Morgan fingerprint density at radius 1 is 1.14 bits per heavy atom. The van der Waals surface area contributed by atoms with Crippen molar-refractivity contribution in [3.8, 4) is 0 Å². The number of aryl methyl sites for hydroxylation is 1. The lowest BCUT2D eigenvalue weighted by Crippen LogP contribution is -2.34. The molecule has 1 aliphatic carbocycles. The number of hydrogen-bond donors (Lipinski definition) is 1. The molecule has 5 nitrogen and oxygen atoms in total. The minimum atomic E-state index is -0.598. The van der Waals surface area contributed by atoms with E-state index >= 15 is 0 Å². The molecule has 28 heavy (non-hydrogen) atoms. The Balaban J connectivity index is 1.43. The van der Waals surface area contributed by atoms with Gasteiger partial charge in [0.1, 0.15) is 5.15 Å². The second-order valence-corrected chi connectivity index (χ2v) is 7.18.